The average Bonchev–Trinajstić information content (AvgIpc) is 2.47. The minimum atomic E-state index is -1.80. The topological polar surface area (TPSA) is 102 Å². The van der Waals surface area contributed by atoms with E-state index in [0.29, 0.717) is 0 Å². The molecule has 1 unspecified atom stereocenters. The molecule has 0 aromatic carbocycles. The van der Waals surface area contributed by atoms with Crippen LogP contribution in [0.4, 0.5) is 0 Å². The molecule has 0 radical (unpaired) electrons. The van der Waals surface area contributed by atoms with Gasteiger partial charge in [-0.25, -0.2) is 4.79 Å². The first-order valence-electron chi connectivity index (χ1n) is 4.08. The summed E-state index contributed by atoms with van der Waals surface area (Å²) in [6, 6.07) is 0. The summed E-state index contributed by atoms with van der Waals surface area (Å²) in [6.45, 7) is -0.372. The SMILES string of the molecule is COC(=O)CC1(CC(=O)[O-])OCOC1=O. The second kappa shape index (κ2) is 4.26. The second-order valence-electron chi connectivity index (χ2n) is 2.99. The van der Waals surface area contributed by atoms with E-state index < -0.39 is 36.4 Å². The molecule has 84 valence electrons. The summed E-state index contributed by atoms with van der Waals surface area (Å²) in [5.74, 6) is -3.15. The highest BCUT2D eigenvalue weighted by Crippen LogP contribution is 2.28. The molecule has 0 saturated carbocycles. The third kappa shape index (κ3) is 2.44. The molecular formula is C8H9O7-. The van der Waals surface area contributed by atoms with Crippen LogP contribution in [-0.2, 0) is 28.6 Å². The predicted molar refractivity (Wildman–Crippen MR) is 41.0 cm³/mol. The van der Waals surface area contributed by atoms with Gasteiger partial charge in [0.15, 0.2) is 12.4 Å². The highest BCUT2D eigenvalue weighted by atomic mass is 16.7. The number of carbonyl (C=O) groups is 3. The molecule has 1 atom stereocenters. The molecule has 1 aliphatic rings. The Morgan fingerprint density at radius 3 is 2.60 bits per heavy atom. The molecule has 1 aliphatic heterocycles. The number of rotatable bonds is 4. The van der Waals surface area contributed by atoms with E-state index in [1.165, 1.54) is 0 Å². The molecule has 0 aromatic heterocycles. The second-order valence-corrected chi connectivity index (χ2v) is 2.99. The van der Waals surface area contributed by atoms with Gasteiger partial charge in [0.1, 0.15) is 0 Å². The lowest BCUT2D eigenvalue weighted by Crippen LogP contribution is -2.44. The Balaban J connectivity index is 2.81. The van der Waals surface area contributed by atoms with Gasteiger partial charge < -0.3 is 24.1 Å². The monoisotopic (exact) mass is 217 g/mol. The number of aliphatic carboxylic acids is 1. The maximum Gasteiger partial charge on any atom is 0.341 e. The molecule has 7 nitrogen and oxygen atoms in total. The van der Waals surface area contributed by atoms with E-state index in [0.717, 1.165) is 7.11 Å². The summed E-state index contributed by atoms with van der Waals surface area (Å²) in [6.07, 6.45) is -1.24. The molecule has 0 aromatic rings. The Kier molecular flexibility index (Phi) is 3.25. The van der Waals surface area contributed by atoms with Crippen LogP contribution in [0.5, 0.6) is 0 Å². The Morgan fingerprint density at radius 2 is 2.20 bits per heavy atom. The van der Waals surface area contributed by atoms with Crippen molar-refractivity contribution >= 4 is 17.9 Å². The number of hydrogen-bond acceptors (Lipinski definition) is 7. The Hall–Kier alpha value is -1.63. The van der Waals surface area contributed by atoms with Crippen LogP contribution in [-0.4, -0.2) is 37.4 Å². The molecule has 1 saturated heterocycles. The van der Waals surface area contributed by atoms with Gasteiger partial charge >= 0.3 is 11.9 Å². The van der Waals surface area contributed by atoms with Gasteiger partial charge in [-0.3, -0.25) is 4.79 Å². The molecule has 1 fully saturated rings. The van der Waals surface area contributed by atoms with Crippen LogP contribution in [0.15, 0.2) is 0 Å². The maximum atomic E-state index is 11.2. The van der Waals surface area contributed by atoms with Crippen molar-refractivity contribution in [3.63, 3.8) is 0 Å². The van der Waals surface area contributed by atoms with Gasteiger partial charge in [-0.2, -0.15) is 0 Å². The van der Waals surface area contributed by atoms with Crippen molar-refractivity contribution < 1.29 is 33.7 Å². The summed E-state index contributed by atoms with van der Waals surface area (Å²) in [5, 5.41) is 10.4. The van der Waals surface area contributed by atoms with E-state index in [1.807, 2.05) is 0 Å². The number of esters is 2. The summed E-state index contributed by atoms with van der Waals surface area (Å²) in [4.78, 5) is 32.6. The van der Waals surface area contributed by atoms with Crippen molar-refractivity contribution in [3.05, 3.63) is 0 Å². The lowest BCUT2D eigenvalue weighted by atomic mass is 9.96. The largest absolute Gasteiger partial charge is 0.550 e. The highest BCUT2D eigenvalue weighted by molar-refractivity contribution is 5.90. The normalized spacial score (nSPS) is 24.7. The molecular weight excluding hydrogens is 208 g/mol. The first-order chi connectivity index (χ1) is 7.00. The first-order valence-corrected chi connectivity index (χ1v) is 4.08. The van der Waals surface area contributed by atoms with Gasteiger partial charge in [0, 0.05) is 12.4 Å². The molecule has 0 bridgehead atoms. The molecule has 1 rings (SSSR count). The number of cyclic esters (lactones) is 1. The van der Waals surface area contributed by atoms with E-state index in [-0.39, 0.29) is 6.79 Å². The smallest absolute Gasteiger partial charge is 0.341 e. The van der Waals surface area contributed by atoms with E-state index >= 15 is 0 Å². The number of methoxy groups -OCH3 is 1. The number of carboxylic acids is 1. The molecule has 0 spiro atoms. The lowest BCUT2D eigenvalue weighted by Gasteiger charge is -2.22. The molecule has 0 amide bonds. The van der Waals surface area contributed by atoms with Crippen LogP contribution >= 0.6 is 0 Å². The van der Waals surface area contributed by atoms with Gasteiger partial charge in [-0.05, 0) is 0 Å². The summed E-state index contributed by atoms with van der Waals surface area (Å²) in [5.41, 5.74) is -1.80. The molecule has 15 heavy (non-hydrogen) atoms. The molecule has 1 heterocycles. The van der Waals surface area contributed by atoms with Gasteiger partial charge in [0.2, 0.25) is 0 Å². The van der Waals surface area contributed by atoms with E-state index in [4.69, 9.17) is 4.74 Å². The standard InChI is InChI=1S/C8H10O7/c1-13-6(11)3-8(2-5(9)10)7(12)14-4-15-8/h2-4H2,1H3,(H,9,10)/p-1. The van der Waals surface area contributed by atoms with Crippen molar-refractivity contribution in [2.24, 2.45) is 0 Å². The third-order valence-electron chi connectivity index (χ3n) is 1.98. The number of carbonyl (C=O) groups excluding carboxylic acids is 3. The Labute approximate surface area is 84.9 Å². The number of ether oxygens (including phenoxy) is 3. The number of carboxylic acid groups (broad SMARTS) is 1. The van der Waals surface area contributed by atoms with Crippen LogP contribution in [0.3, 0.4) is 0 Å². The van der Waals surface area contributed by atoms with Gasteiger partial charge in [0.25, 0.3) is 0 Å². The van der Waals surface area contributed by atoms with Crippen LogP contribution in [0.25, 0.3) is 0 Å². The van der Waals surface area contributed by atoms with Crippen molar-refractivity contribution in [2.45, 2.75) is 18.4 Å². The van der Waals surface area contributed by atoms with Gasteiger partial charge in [-0.15, -0.1) is 0 Å². The molecule has 7 heteroatoms. The van der Waals surface area contributed by atoms with Crippen molar-refractivity contribution in [2.75, 3.05) is 13.9 Å². The van der Waals surface area contributed by atoms with Crippen molar-refractivity contribution in [3.8, 4) is 0 Å². The van der Waals surface area contributed by atoms with Gasteiger partial charge in [-0.1, -0.05) is 0 Å². The fraction of sp³-hybridized carbons (Fsp3) is 0.625. The minimum Gasteiger partial charge on any atom is -0.550 e. The van der Waals surface area contributed by atoms with Crippen LogP contribution in [0, 0.1) is 0 Å². The Morgan fingerprint density at radius 1 is 1.53 bits per heavy atom. The van der Waals surface area contributed by atoms with Crippen LogP contribution in [0.1, 0.15) is 12.8 Å². The zero-order valence-electron chi connectivity index (χ0n) is 7.98. The van der Waals surface area contributed by atoms with Crippen LogP contribution < -0.4 is 5.11 Å². The molecule has 0 N–H and O–H groups in total. The van der Waals surface area contributed by atoms with Gasteiger partial charge in [0.05, 0.1) is 13.5 Å². The fourth-order valence-corrected chi connectivity index (χ4v) is 1.23. The summed E-state index contributed by atoms with van der Waals surface area (Å²) >= 11 is 0. The van der Waals surface area contributed by atoms with E-state index in [1.54, 1.807) is 0 Å². The molecule has 0 aliphatic carbocycles. The minimum absolute atomic E-state index is 0.372. The summed E-state index contributed by atoms with van der Waals surface area (Å²) < 4.78 is 13.6. The summed E-state index contributed by atoms with van der Waals surface area (Å²) in [7, 11) is 1.12. The average molecular weight is 217 g/mol. The fourth-order valence-electron chi connectivity index (χ4n) is 1.23. The third-order valence-corrected chi connectivity index (χ3v) is 1.98. The quantitative estimate of drug-likeness (QED) is 0.500. The van der Waals surface area contributed by atoms with Crippen molar-refractivity contribution in [1.82, 2.24) is 0 Å². The maximum absolute atomic E-state index is 11.2. The van der Waals surface area contributed by atoms with Crippen molar-refractivity contribution in [1.29, 1.82) is 0 Å². The lowest BCUT2D eigenvalue weighted by molar-refractivity contribution is -0.309. The zero-order valence-corrected chi connectivity index (χ0v) is 7.98. The number of hydrogen-bond donors (Lipinski definition) is 0. The van der Waals surface area contributed by atoms with Crippen LogP contribution in [0.2, 0.25) is 0 Å². The van der Waals surface area contributed by atoms with E-state index in [2.05, 4.69) is 9.47 Å². The zero-order chi connectivity index (χ0) is 11.5. The predicted octanol–water partition coefficient (Wildman–Crippen LogP) is -2.04. The highest BCUT2D eigenvalue weighted by Gasteiger charge is 2.48. The Bertz CT molecular complexity index is 297. The first kappa shape index (κ1) is 11.4. The van der Waals surface area contributed by atoms with E-state index in [9.17, 15) is 19.5 Å².